The SMILES string of the molecule is CCOc1nc(N)sc1OP(=O)(O)O. The zero-order valence-corrected chi connectivity index (χ0v) is 8.92. The molecule has 14 heavy (non-hydrogen) atoms. The van der Waals surface area contributed by atoms with E-state index in [-0.39, 0.29) is 16.1 Å². The van der Waals surface area contributed by atoms with Crippen molar-refractivity contribution in [1.29, 1.82) is 0 Å². The summed E-state index contributed by atoms with van der Waals surface area (Å²) >= 11 is 0.808. The van der Waals surface area contributed by atoms with E-state index in [1.165, 1.54) is 0 Å². The second-order valence-electron chi connectivity index (χ2n) is 2.16. The molecule has 80 valence electrons. The van der Waals surface area contributed by atoms with Gasteiger partial charge in [-0.05, 0) is 6.92 Å². The van der Waals surface area contributed by atoms with Crippen molar-refractivity contribution in [2.45, 2.75) is 6.92 Å². The molecule has 0 unspecified atom stereocenters. The maximum absolute atomic E-state index is 10.5. The van der Waals surface area contributed by atoms with Gasteiger partial charge in [-0.2, -0.15) is 4.98 Å². The third-order valence-electron chi connectivity index (χ3n) is 1.07. The molecule has 0 fully saturated rings. The van der Waals surface area contributed by atoms with Gasteiger partial charge in [0, 0.05) is 0 Å². The van der Waals surface area contributed by atoms with E-state index in [0.29, 0.717) is 6.61 Å². The average Bonchev–Trinajstić information content (AvgIpc) is 2.28. The first-order chi connectivity index (χ1) is 6.42. The lowest BCUT2D eigenvalue weighted by atomic mass is 10.8. The normalized spacial score (nSPS) is 11.4. The summed E-state index contributed by atoms with van der Waals surface area (Å²) in [7, 11) is -4.59. The molecule has 0 saturated carbocycles. The monoisotopic (exact) mass is 240 g/mol. The summed E-state index contributed by atoms with van der Waals surface area (Å²) in [6.45, 7) is 2.01. The van der Waals surface area contributed by atoms with E-state index >= 15 is 0 Å². The Bertz CT molecular complexity index is 361. The van der Waals surface area contributed by atoms with Crippen molar-refractivity contribution in [2.24, 2.45) is 0 Å². The average molecular weight is 240 g/mol. The molecule has 0 spiro atoms. The van der Waals surface area contributed by atoms with E-state index in [1.54, 1.807) is 6.92 Å². The van der Waals surface area contributed by atoms with Gasteiger partial charge >= 0.3 is 7.82 Å². The number of thiazole rings is 1. The lowest BCUT2D eigenvalue weighted by Gasteiger charge is -2.05. The smallest absolute Gasteiger partial charge is 0.475 e. The summed E-state index contributed by atoms with van der Waals surface area (Å²) in [6, 6.07) is 0. The van der Waals surface area contributed by atoms with Crippen LogP contribution in [0.2, 0.25) is 0 Å². The number of nitrogens with zero attached hydrogens (tertiary/aromatic N) is 1. The predicted octanol–water partition coefficient (Wildman–Crippen LogP) is 0.595. The second kappa shape index (κ2) is 4.14. The van der Waals surface area contributed by atoms with Crippen LogP contribution in [0.3, 0.4) is 0 Å². The van der Waals surface area contributed by atoms with Crippen LogP contribution in [0.1, 0.15) is 6.92 Å². The highest BCUT2D eigenvalue weighted by Gasteiger charge is 2.22. The van der Waals surface area contributed by atoms with Gasteiger partial charge in [-0.1, -0.05) is 11.3 Å². The number of nitrogen functional groups attached to an aromatic ring is 1. The molecule has 0 radical (unpaired) electrons. The Balaban J connectivity index is 2.89. The van der Waals surface area contributed by atoms with Crippen molar-refractivity contribution >= 4 is 24.3 Å². The minimum Gasteiger partial charge on any atom is -0.475 e. The summed E-state index contributed by atoms with van der Waals surface area (Å²) in [5.74, 6) is -0.00155. The fourth-order valence-corrected chi connectivity index (χ4v) is 1.95. The maximum atomic E-state index is 10.5. The molecular weight excluding hydrogens is 231 g/mol. The first kappa shape index (κ1) is 11.3. The van der Waals surface area contributed by atoms with E-state index in [9.17, 15) is 4.57 Å². The number of phosphoric ester groups is 1. The van der Waals surface area contributed by atoms with Crippen LogP contribution < -0.4 is 15.0 Å². The standard InChI is InChI=1S/C5H9N2O5PS/c1-2-11-3-4(12-13(8,9)10)14-5(6)7-3/h2H2,1H3,(H2,6,7)(H2,8,9,10). The van der Waals surface area contributed by atoms with Gasteiger partial charge in [0.2, 0.25) is 0 Å². The lowest BCUT2D eigenvalue weighted by Crippen LogP contribution is -1.95. The molecule has 0 atom stereocenters. The highest BCUT2D eigenvalue weighted by Crippen LogP contribution is 2.45. The molecular formula is C5H9N2O5PS. The highest BCUT2D eigenvalue weighted by atomic mass is 32.1. The Labute approximate surface area is 83.7 Å². The Hall–Kier alpha value is -0.820. The molecule has 7 nitrogen and oxygen atoms in total. The molecule has 1 aromatic heterocycles. The quantitative estimate of drug-likeness (QED) is 0.660. The molecule has 1 rings (SSSR count). The van der Waals surface area contributed by atoms with E-state index in [2.05, 4.69) is 9.51 Å². The van der Waals surface area contributed by atoms with E-state index in [4.69, 9.17) is 20.3 Å². The van der Waals surface area contributed by atoms with Gasteiger partial charge < -0.3 is 15.0 Å². The topological polar surface area (TPSA) is 115 Å². The number of hydrogen-bond donors (Lipinski definition) is 3. The van der Waals surface area contributed by atoms with E-state index in [0.717, 1.165) is 11.3 Å². The van der Waals surface area contributed by atoms with E-state index < -0.39 is 7.82 Å². The number of rotatable bonds is 4. The van der Waals surface area contributed by atoms with Crippen LogP contribution in [0.25, 0.3) is 0 Å². The minimum atomic E-state index is -4.59. The number of ether oxygens (including phenoxy) is 1. The fourth-order valence-electron chi connectivity index (χ4n) is 0.701. The number of phosphoric acid groups is 1. The molecule has 1 heterocycles. The molecule has 0 amide bonds. The summed E-state index contributed by atoms with van der Waals surface area (Å²) < 4.78 is 19.8. The molecule has 0 bridgehead atoms. The Kier molecular flexibility index (Phi) is 3.33. The third kappa shape index (κ3) is 3.15. The first-order valence-electron chi connectivity index (χ1n) is 3.56. The van der Waals surface area contributed by atoms with Gasteiger partial charge in [-0.25, -0.2) is 4.57 Å². The Morgan fingerprint density at radius 1 is 1.64 bits per heavy atom. The van der Waals surface area contributed by atoms with Crippen LogP contribution >= 0.6 is 19.2 Å². The summed E-state index contributed by atoms with van der Waals surface area (Å²) in [4.78, 5) is 20.8. The van der Waals surface area contributed by atoms with Crippen molar-refractivity contribution in [2.75, 3.05) is 12.3 Å². The van der Waals surface area contributed by atoms with Gasteiger partial charge in [0.05, 0.1) is 6.61 Å². The largest absolute Gasteiger partial charge is 0.525 e. The highest BCUT2D eigenvalue weighted by molar-refractivity contribution is 7.47. The molecule has 0 aromatic carbocycles. The van der Waals surface area contributed by atoms with Gasteiger partial charge in [0.25, 0.3) is 10.9 Å². The lowest BCUT2D eigenvalue weighted by molar-refractivity contribution is 0.271. The molecule has 0 aliphatic carbocycles. The van der Waals surface area contributed by atoms with Gasteiger partial charge in [0.1, 0.15) is 0 Å². The minimum absolute atomic E-state index is 0.00155. The number of nitrogens with two attached hydrogens (primary N) is 1. The van der Waals surface area contributed by atoms with Gasteiger partial charge in [0.15, 0.2) is 5.13 Å². The Morgan fingerprint density at radius 2 is 2.29 bits per heavy atom. The number of aromatic nitrogens is 1. The van der Waals surface area contributed by atoms with Crippen LogP contribution in [-0.4, -0.2) is 21.4 Å². The van der Waals surface area contributed by atoms with Crippen LogP contribution in [0.4, 0.5) is 5.13 Å². The fraction of sp³-hybridized carbons (Fsp3) is 0.400. The zero-order valence-electron chi connectivity index (χ0n) is 7.21. The number of hydrogen-bond acceptors (Lipinski definition) is 6. The molecule has 0 aliphatic heterocycles. The molecule has 1 aromatic rings. The predicted molar refractivity (Wildman–Crippen MR) is 50.4 cm³/mol. The van der Waals surface area contributed by atoms with Gasteiger partial charge in [-0.15, -0.1) is 0 Å². The summed E-state index contributed by atoms with van der Waals surface area (Å²) in [5, 5.41) is 0.00887. The van der Waals surface area contributed by atoms with Crippen molar-refractivity contribution in [3.63, 3.8) is 0 Å². The molecule has 0 aliphatic rings. The first-order valence-corrected chi connectivity index (χ1v) is 5.91. The Morgan fingerprint density at radius 3 is 2.79 bits per heavy atom. The summed E-state index contributed by atoms with van der Waals surface area (Å²) in [5.41, 5.74) is 5.32. The molecule has 4 N–H and O–H groups in total. The third-order valence-corrected chi connectivity index (χ3v) is 2.35. The van der Waals surface area contributed by atoms with Crippen molar-refractivity contribution in [3.05, 3.63) is 0 Å². The van der Waals surface area contributed by atoms with Crippen molar-refractivity contribution in [1.82, 2.24) is 4.98 Å². The second-order valence-corrected chi connectivity index (χ2v) is 4.32. The van der Waals surface area contributed by atoms with Crippen LogP contribution in [0, 0.1) is 0 Å². The van der Waals surface area contributed by atoms with Crippen LogP contribution in [-0.2, 0) is 4.57 Å². The maximum Gasteiger partial charge on any atom is 0.525 e. The zero-order chi connectivity index (χ0) is 10.8. The van der Waals surface area contributed by atoms with Gasteiger partial charge in [-0.3, -0.25) is 9.79 Å². The van der Waals surface area contributed by atoms with Crippen molar-refractivity contribution < 1.29 is 23.6 Å². The van der Waals surface area contributed by atoms with Crippen LogP contribution in [0.15, 0.2) is 0 Å². The number of anilines is 1. The molecule has 0 saturated heterocycles. The molecule has 9 heteroatoms. The van der Waals surface area contributed by atoms with Crippen LogP contribution in [0.5, 0.6) is 10.9 Å². The van der Waals surface area contributed by atoms with E-state index in [1.807, 2.05) is 0 Å². The summed E-state index contributed by atoms with van der Waals surface area (Å²) in [6.07, 6.45) is 0. The van der Waals surface area contributed by atoms with Crippen molar-refractivity contribution in [3.8, 4) is 10.9 Å².